The third-order valence-electron chi connectivity index (χ3n) is 3.98. The van der Waals surface area contributed by atoms with Gasteiger partial charge in [-0.15, -0.1) is 0 Å². The number of aryl methyl sites for hydroxylation is 1. The summed E-state index contributed by atoms with van der Waals surface area (Å²) in [7, 11) is -0.761. The first-order valence-electron chi connectivity index (χ1n) is 8.46. The second kappa shape index (κ2) is 8.18. The van der Waals surface area contributed by atoms with E-state index in [-0.39, 0.29) is 10.7 Å². The number of sulfonamides is 1. The van der Waals surface area contributed by atoms with Gasteiger partial charge in [0.25, 0.3) is 10.0 Å². The van der Waals surface area contributed by atoms with Crippen molar-refractivity contribution in [1.82, 2.24) is 4.98 Å². The van der Waals surface area contributed by atoms with Crippen molar-refractivity contribution < 1.29 is 17.9 Å². The molecule has 3 aromatic rings. The number of hydrogen-bond donors (Lipinski definition) is 2. The Balaban J connectivity index is 1.94. The molecule has 2 N–H and O–H groups in total. The van der Waals surface area contributed by atoms with E-state index in [9.17, 15) is 8.42 Å². The van der Waals surface area contributed by atoms with Crippen LogP contribution in [0.25, 0.3) is 0 Å². The predicted molar refractivity (Wildman–Crippen MR) is 109 cm³/mol. The maximum absolute atomic E-state index is 12.9. The minimum atomic E-state index is -3.85. The molecule has 0 saturated heterocycles. The van der Waals surface area contributed by atoms with Crippen LogP contribution in [0, 0.1) is 6.92 Å². The molecule has 0 spiro atoms. The SMILES string of the molecule is COc1cc(Nc2ncccc2S(=O)(=O)Nc2ccc(C)cc2)cc(OC)c1. The molecule has 0 fully saturated rings. The van der Waals surface area contributed by atoms with Gasteiger partial charge in [0.05, 0.1) is 14.2 Å². The van der Waals surface area contributed by atoms with Crippen molar-refractivity contribution in [3.8, 4) is 11.5 Å². The summed E-state index contributed by atoms with van der Waals surface area (Å²) in [4.78, 5) is 4.22. The van der Waals surface area contributed by atoms with Crippen molar-refractivity contribution in [2.45, 2.75) is 11.8 Å². The standard InChI is InChI=1S/C20H21N3O4S/c1-14-6-8-15(9-7-14)23-28(24,25)19-5-4-10-21-20(19)22-16-11-17(26-2)13-18(12-16)27-3/h4-13,23H,1-3H3,(H,21,22). The lowest BCUT2D eigenvalue weighted by Gasteiger charge is -2.14. The summed E-state index contributed by atoms with van der Waals surface area (Å²) in [6.45, 7) is 1.93. The quantitative estimate of drug-likeness (QED) is 0.625. The summed E-state index contributed by atoms with van der Waals surface area (Å²) < 4.78 is 38.9. The van der Waals surface area contributed by atoms with Gasteiger partial charge in [-0.2, -0.15) is 0 Å². The topological polar surface area (TPSA) is 89.5 Å². The highest BCUT2D eigenvalue weighted by Gasteiger charge is 2.20. The number of hydrogen-bond acceptors (Lipinski definition) is 6. The summed E-state index contributed by atoms with van der Waals surface area (Å²) in [6, 6.07) is 15.3. The lowest BCUT2D eigenvalue weighted by Crippen LogP contribution is -2.15. The van der Waals surface area contributed by atoms with Crippen LogP contribution in [0.15, 0.2) is 65.7 Å². The fourth-order valence-corrected chi connectivity index (χ4v) is 3.72. The summed E-state index contributed by atoms with van der Waals surface area (Å²) in [6.07, 6.45) is 1.52. The second-order valence-corrected chi connectivity index (χ2v) is 7.70. The number of rotatable bonds is 7. The zero-order chi connectivity index (χ0) is 20.1. The molecule has 1 aromatic heterocycles. The molecule has 0 bridgehead atoms. The van der Waals surface area contributed by atoms with Gasteiger partial charge in [-0.25, -0.2) is 13.4 Å². The van der Waals surface area contributed by atoms with Gasteiger partial charge in [0.2, 0.25) is 0 Å². The van der Waals surface area contributed by atoms with Crippen molar-refractivity contribution in [3.63, 3.8) is 0 Å². The zero-order valence-corrected chi connectivity index (χ0v) is 16.6. The number of methoxy groups -OCH3 is 2. The van der Waals surface area contributed by atoms with Gasteiger partial charge in [-0.1, -0.05) is 17.7 Å². The van der Waals surface area contributed by atoms with E-state index in [1.807, 2.05) is 19.1 Å². The second-order valence-electron chi connectivity index (χ2n) is 6.05. The molecular formula is C20H21N3O4S. The number of ether oxygens (including phenoxy) is 2. The van der Waals surface area contributed by atoms with Crippen LogP contribution in [-0.2, 0) is 10.0 Å². The van der Waals surface area contributed by atoms with Crippen LogP contribution in [0.5, 0.6) is 11.5 Å². The Labute approximate surface area is 164 Å². The van der Waals surface area contributed by atoms with Crippen LogP contribution >= 0.6 is 0 Å². The van der Waals surface area contributed by atoms with Crippen LogP contribution in [0.1, 0.15) is 5.56 Å². The molecule has 0 aliphatic heterocycles. The highest BCUT2D eigenvalue weighted by atomic mass is 32.2. The third-order valence-corrected chi connectivity index (χ3v) is 5.39. The molecule has 2 aromatic carbocycles. The number of nitrogens with zero attached hydrogens (tertiary/aromatic N) is 1. The summed E-state index contributed by atoms with van der Waals surface area (Å²) in [5, 5.41) is 3.03. The molecular weight excluding hydrogens is 378 g/mol. The first kappa shape index (κ1) is 19.5. The van der Waals surface area contributed by atoms with Crippen LogP contribution in [0.4, 0.5) is 17.2 Å². The van der Waals surface area contributed by atoms with E-state index in [4.69, 9.17) is 9.47 Å². The number of aromatic nitrogens is 1. The van der Waals surface area contributed by atoms with Crippen LogP contribution in [-0.4, -0.2) is 27.6 Å². The first-order chi connectivity index (χ1) is 13.4. The van der Waals surface area contributed by atoms with Crippen molar-refractivity contribution in [3.05, 3.63) is 66.4 Å². The highest BCUT2D eigenvalue weighted by Crippen LogP contribution is 2.30. The minimum Gasteiger partial charge on any atom is -0.497 e. The van der Waals surface area contributed by atoms with Crippen molar-refractivity contribution in [2.24, 2.45) is 0 Å². The molecule has 7 nitrogen and oxygen atoms in total. The molecule has 28 heavy (non-hydrogen) atoms. The van der Waals surface area contributed by atoms with E-state index in [1.54, 1.807) is 50.6 Å². The number of benzene rings is 2. The average molecular weight is 399 g/mol. The Morgan fingerprint density at radius 2 is 1.54 bits per heavy atom. The highest BCUT2D eigenvalue weighted by molar-refractivity contribution is 7.92. The van der Waals surface area contributed by atoms with Crippen molar-refractivity contribution in [2.75, 3.05) is 24.3 Å². The summed E-state index contributed by atoms with van der Waals surface area (Å²) in [5.41, 5.74) is 2.10. The molecule has 0 saturated carbocycles. The Bertz CT molecular complexity index is 1040. The Kier molecular flexibility index (Phi) is 5.70. The van der Waals surface area contributed by atoms with E-state index in [0.29, 0.717) is 22.9 Å². The van der Waals surface area contributed by atoms with Crippen molar-refractivity contribution >= 4 is 27.2 Å². The number of nitrogens with one attached hydrogen (secondary N) is 2. The first-order valence-corrected chi connectivity index (χ1v) is 9.94. The lowest BCUT2D eigenvalue weighted by molar-refractivity contribution is 0.395. The summed E-state index contributed by atoms with van der Waals surface area (Å²) in [5.74, 6) is 1.33. The maximum atomic E-state index is 12.9. The maximum Gasteiger partial charge on any atom is 0.265 e. The summed E-state index contributed by atoms with van der Waals surface area (Å²) >= 11 is 0. The normalized spacial score (nSPS) is 11.0. The molecule has 3 rings (SSSR count). The van der Waals surface area contributed by atoms with Crippen LogP contribution in [0.2, 0.25) is 0 Å². The lowest BCUT2D eigenvalue weighted by atomic mass is 10.2. The predicted octanol–water partition coefficient (Wildman–Crippen LogP) is 3.95. The Morgan fingerprint density at radius 1 is 0.893 bits per heavy atom. The molecule has 0 unspecified atom stereocenters. The zero-order valence-electron chi connectivity index (χ0n) is 15.8. The smallest absolute Gasteiger partial charge is 0.265 e. The molecule has 0 aliphatic rings. The fourth-order valence-electron chi connectivity index (χ4n) is 2.55. The van der Waals surface area contributed by atoms with Gasteiger partial charge in [0.1, 0.15) is 16.4 Å². The van der Waals surface area contributed by atoms with Gasteiger partial charge in [0.15, 0.2) is 5.82 Å². The molecule has 1 heterocycles. The van der Waals surface area contributed by atoms with Gasteiger partial charge in [-0.05, 0) is 31.2 Å². The van der Waals surface area contributed by atoms with E-state index in [2.05, 4.69) is 15.0 Å². The third kappa shape index (κ3) is 4.52. The van der Waals surface area contributed by atoms with Gasteiger partial charge >= 0.3 is 0 Å². The van der Waals surface area contributed by atoms with Crippen molar-refractivity contribution in [1.29, 1.82) is 0 Å². The molecule has 8 heteroatoms. The Hall–Kier alpha value is -3.26. The molecule has 0 radical (unpaired) electrons. The van der Waals surface area contributed by atoms with Crippen LogP contribution in [0.3, 0.4) is 0 Å². The average Bonchev–Trinajstić information content (AvgIpc) is 2.69. The fraction of sp³-hybridized carbons (Fsp3) is 0.150. The minimum absolute atomic E-state index is 0.0253. The molecule has 146 valence electrons. The van der Waals surface area contributed by atoms with E-state index in [1.165, 1.54) is 12.3 Å². The molecule has 0 atom stereocenters. The van der Waals surface area contributed by atoms with E-state index >= 15 is 0 Å². The molecule has 0 amide bonds. The molecule has 0 aliphatic carbocycles. The van der Waals surface area contributed by atoms with Gasteiger partial charge in [-0.3, -0.25) is 4.72 Å². The van der Waals surface area contributed by atoms with Crippen LogP contribution < -0.4 is 19.5 Å². The monoisotopic (exact) mass is 399 g/mol. The van der Waals surface area contributed by atoms with Gasteiger partial charge < -0.3 is 14.8 Å². The van der Waals surface area contributed by atoms with Gasteiger partial charge in [0, 0.05) is 35.8 Å². The largest absolute Gasteiger partial charge is 0.497 e. The number of anilines is 3. The van der Waals surface area contributed by atoms with E-state index in [0.717, 1.165) is 5.56 Å². The number of pyridine rings is 1. The van der Waals surface area contributed by atoms with E-state index < -0.39 is 10.0 Å². The Morgan fingerprint density at radius 3 is 2.14 bits per heavy atom.